The van der Waals surface area contributed by atoms with E-state index in [1.165, 1.54) is 4.90 Å². The molecule has 21 heavy (non-hydrogen) atoms. The smallest absolute Gasteiger partial charge is 0.410 e. The van der Waals surface area contributed by atoms with E-state index in [2.05, 4.69) is 5.32 Å². The van der Waals surface area contributed by atoms with Gasteiger partial charge in [-0.25, -0.2) is 4.79 Å². The molecule has 6 nitrogen and oxygen atoms in total. The fraction of sp³-hybridized carbons (Fsp3) is 0.467. The summed E-state index contributed by atoms with van der Waals surface area (Å²) < 4.78 is 10.5. The van der Waals surface area contributed by atoms with Crippen molar-refractivity contribution in [1.82, 2.24) is 10.2 Å². The number of benzene rings is 1. The van der Waals surface area contributed by atoms with E-state index in [0.29, 0.717) is 13.0 Å². The quantitative estimate of drug-likeness (QED) is 0.904. The van der Waals surface area contributed by atoms with E-state index in [9.17, 15) is 9.59 Å². The zero-order valence-electron chi connectivity index (χ0n) is 12.2. The Balaban J connectivity index is 1.97. The van der Waals surface area contributed by atoms with Crippen molar-refractivity contribution in [3.8, 4) is 0 Å². The van der Waals surface area contributed by atoms with Gasteiger partial charge in [-0.1, -0.05) is 30.3 Å². The monoisotopic (exact) mass is 292 g/mol. The van der Waals surface area contributed by atoms with Crippen LogP contribution in [0, 0.1) is 0 Å². The molecule has 1 fully saturated rings. The lowest BCUT2D eigenvalue weighted by Gasteiger charge is -2.22. The molecule has 0 saturated carbocycles. The van der Waals surface area contributed by atoms with Crippen molar-refractivity contribution in [3.63, 3.8) is 0 Å². The number of hydrogen-bond acceptors (Lipinski definition) is 4. The highest BCUT2D eigenvalue weighted by Gasteiger charge is 2.40. The summed E-state index contributed by atoms with van der Waals surface area (Å²) in [7, 11) is 3.13. The van der Waals surface area contributed by atoms with E-state index in [1.807, 2.05) is 30.3 Å². The molecular formula is C15H20N2O4. The van der Waals surface area contributed by atoms with Gasteiger partial charge in [-0.15, -0.1) is 0 Å². The van der Waals surface area contributed by atoms with Gasteiger partial charge in [0.2, 0.25) is 5.91 Å². The first-order chi connectivity index (χ1) is 10.2. The second-order valence-corrected chi connectivity index (χ2v) is 4.92. The Morgan fingerprint density at radius 2 is 2.05 bits per heavy atom. The fourth-order valence-electron chi connectivity index (χ4n) is 2.39. The van der Waals surface area contributed by atoms with Crippen LogP contribution in [0.4, 0.5) is 4.79 Å². The minimum absolute atomic E-state index is 0.142. The average molecular weight is 292 g/mol. The first-order valence-corrected chi connectivity index (χ1v) is 6.87. The van der Waals surface area contributed by atoms with Crippen LogP contribution < -0.4 is 5.32 Å². The molecule has 0 aromatic heterocycles. The number of likely N-dealkylation sites (tertiary alicyclic amines) is 1. The van der Waals surface area contributed by atoms with Crippen molar-refractivity contribution in [2.75, 3.05) is 20.7 Å². The van der Waals surface area contributed by atoms with Gasteiger partial charge in [-0.3, -0.25) is 9.69 Å². The van der Waals surface area contributed by atoms with Gasteiger partial charge in [-0.2, -0.15) is 0 Å². The number of likely N-dealkylation sites (N-methyl/N-ethyl adjacent to an activating group) is 1. The molecule has 0 radical (unpaired) electrons. The van der Waals surface area contributed by atoms with Crippen molar-refractivity contribution in [3.05, 3.63) is 35.9 Å². The van der Waals surface area contributed by atoms with Crippen LogP contribution >= 0.6 is 0 Å². The second-order valence-electron chi connectivity index (χ2n) is 4.92. The number of carbonyl (C=O) groups excluding carboxylic acids is 2. The maximum Gasteiger partial charge on any atom is 0.410 e. The highest BCUT2D eigenvalue weighted by Crippen LogP contribution is 2.21. The second kappa shape index (κ2) is 7.08. The van der Waals surface area contributed by atoms with E-state index in [4.69, 9.17) is 9.47 Å². The molecule has 0 aliphatic carbocycles. The molecule has 1 aromatic rings. The summed E-state index contributed by atoms with van der Waals surface area (Å²) in [6.45, 7) is 0.552. The van der Waals surface area contributed by atoms with Gasteiger partial charge in [0.25, 0.3) is 0 Å². The molecule has 0 bridgehead atoms. The zero-order chi connectivity index (χ0) is 15.2. The summed E-state index contributed by atoms with van der Waals surface area (Å²) in [5.74, 6) is -0.203. The topological polar surface area (TPSA) is 67.9 Å². The normalized spacial score (nSPS) is 21.1. The van der Waals surface area contributed by atoms with Crippen molar-refractivity contribution in [2.24, 2.45) is 0 Å². The van der Waals surface area contributed by atoms with Crippen molar-refractivity contribution >= 4 is 12.0 Å². The van der Waals surface area contributed by atoms with Crippen LogP contribution in [-0.2, 0) is 20.9 Å². The molecular weight excluding hydrogens is 272 g/mol. The van der Waals surface area contributed by atoms with E-state index in [1.54, 1.807) is 14.2 Å². The molecule has 1 aromatic carbocycles. The Morgan fingerprint density at radius 3 is 2.67 bits per heavy atom. The predicted octanol–water partition coefficient (Wildman–Crippen LogP) is 1.16. The van der Waals surface area contributed by atoms with Crippen LogP contribution in [0.25, 0.3) is 0 Å². The third kappa shape index (κ3) is 3.72. The number of amides is 2. The first-order valence-electron chi connectivity index (χ1n) is 6.87. The van der Waals surface area contributed by atoms with Crippen LogP contribution in [0.2, 0.25) is 0 Å². The summed E-state index contributed by atoms with van der Waals surface area (Å²) >= 11 is 0. The largest absolute Gasteiger partial charge is 0.445 e. The van der Waals surface area contributed by atoms with Crippen molar-refractivity contribution in [1.29, 1.82) is 0 Å². The summed E-state index contributed by atoms with van der Waals surface area (Å²) in [5.41, 5.74) is 0.907. The lowest BCUT2D eigenvalue weighted by Crippen LogP contribution is -2.45. The Kier molecular flexibility index (Phi) is 5.16. The molecule has 0 spiro atoms. The van der Waals surface area contributed by atoms with Crippen LogP contribution in [0.3, 0.4) is 0 Å². The number of carbonyl (C=O) groups is 2. The molecule has 1 aliphatic rings. The third-order valence-electron chi connectivity index (χ3n) is 3.58. The van der Waals surface area contributed by atoms with Gasteiger partial charge in [0, 0.05) is 20.6 Å². The van der Waals surface area contributed by atoms with Gasteiger partial charge in [0.1, 0.15) is 12.6 Å². The zero-order valence-corrected chi connectivity index (χ0v) is 12.2. The van der Waals surface area contributed by atoms with Gasteiger partial charge in [-0.05, 0) is 5.56 Å². The van der Waals surface area contributed by atoms with Crippen molar-refractivity contribution in [2.45, 2.75) is 25.2 Å². The van der Waals surface area contributed by atoms with E-state index in [-0.39, 0.29) is 18.6 Å². The van der Waals surface area contributed by atoms with Gasteiger partial charge in [0.15, 0.2) is 0 Å². The lowest BCUT2D eigenvalue weighted by molar-refractivity contribution is -0.124. The Hall–Kier alpha value is -2.08. The highest BCUT2D eigenvalue weighted by molar-refractivity contribution is 5.86. The van der Waals surface area contributed by atoms with Gasteiger partial charge in [0.05, 0.1) is 12.6 Å². The summed E-state index contributed by atoms with van der Waals surface area (Å²) in [4.78, 5) is 25.5. The lowest BCUT2D eigenvalue weighted by atomic mass is 10.2. The number of methoxy groups -OCH3 is 1. The Labute approximate surface area is 124 Å². The SMILES string of the molecule is CNC(=O)C1CC(OC)CN1C(=O)OCc1ccccc1. The molecule has 1 saturated heterocycles. The summed E-state index contributed by atoms with van der Waals surface area (Å²) in [5, 5.41) is 2.57. The Morgan fingerprint density at radius 1 is 1.33 bits per heavy atom. The Bertz CT molecular complexity index is 492. The standard InChI is InChI=1S/C15H20N2O4/c1-16-14(18)13-8-12(20-2)9-17(13)15(19)21-10-11-6-4-3-5-7-11/h3-7,12-13H,8-10H2,1-2H3,(H,16,18). The summed E-state index contributed by atoms with van der Waals surface area (Å²) in [6, 6.07) is 8.89. The highest BCUT2D eigenvalue weighted by atomic mass is 16.6. The summed E-state index contributed by atoms with van der Waals surface area (Å²) in [6.07, 6.45) is -0.153. The maximum atomic E-state index is 12.2. The minimum atomic E-state index is -0.539. The average Bonchev–Trinajstić information content (AvgIpc) is 2.97. The number of hydrogen-bond donors (Lipinski definition) is 1. The van der Waals surface area contributed by atoms with Gasteiger partial charge < -0.3 is 14.8 Å². The maximum absolute atomic E-state index is 12.2. The molecule has 1 heterocycles. The predicted molar refractivity (Wildman–Crippen MR) is 76.6 cm³/mol. The van der Waals surface area contributed by atoms with Crippen LogP contribution in [-0.4, -0.2) is 49.7 Å². The van der Waals surface area contributed by atoms with Crippen LogP contribution in [0.1, 0.15) is 12.0 Å². The molecule has 114 valence electrons. The number of ether oxygens (including phenoxy) is 2. The van der Waals surface area contributed by atoms with Crippen LogP contribution in [0.5, 0.6) is 0 Å². The van der Waals surface area contributed by atoms with Crippen molar-refractivity contribution < 1.29 is 19.1 Å². The van der Waals surface area contributed by atoms with Crippen LogP contribution in [0.15, 0.2) is 30.3 Å². The van der Waals surface area contributed by atoms with E-state index >= 15 is 0 Å². The van der Waals surface area contributed by atoms with E-state index in [0.717, 1.165) is 5.56 Å². The molecule has 2 amide bonds. The molecule has 2 rings (SSSR count). The number of nitrogens with zero attached hydrogens (tertiary/aromatic N) is 1. The molecule has 6 heteroatoms. The third-order valence-corrected chi connectivity index (χ3v) is 3.58. The molecule has 2 atom stereocenters. The number of rotatable bonds is 4. The molecule has 1 aliphatic heterocycles. The van der Waals surface area contributed by atoms with E-state index < -0.39 is 12.1 Å². The number of nitrogens with one attached hydrogen (secondary N) is 1. The molecule has 1 N–H and O–H groups in total. The fourth-order valence-corrected chi connectivity index (χ4v) is 2.39. The molecule has 2 unspecified atom stereocenters. The minimum Gasteiger partial charge on any atom is -0.445 e. The first kappa shape index (κ1) is 15.3. The van der Waals surface area contributed by atoms with Gasteiger partial charge >= 0.3 is 6.09 Å².